The van der Waals surface area contributed by atoms with Crippen LogP contribution in [0.3, 0.4) is 0 Å². The molecular weight excluding hydrogens is 412 g/mol. The highest BCUT2D eigenvalue weighted by atomic mass is 16.5. The van der Waals surface area contributed by atoms with Crippen LogP contribution in [0.2, 0.25) is 0 Å². The average Bonchev–Trinajstić information content (AvgIpc) is 2.80. The van der Waals surface area contributed by atoms with Crippen LogP contribution in [0.4, 0.5) is 0 Å². The van der Waals surface area contributed by atoms with Crippen molar-refractivity contribution in [3.63, 3.8) is 0 Å². The molecule has 0 heterocycles. The minimum Gasteiger partial charge on any atom is -0.484 e. The van der Waals surface area contributed by atoms with Gasteiger partial charge >= 0.3 is 0 Å². The molecule has 5 nitrogen and oxygen atoms in total. The van der Waals surface area contributed by atoms with Gasteiger partial charge < -0.3 is 15.0 Å². The van der Waals surface area contributed by atoms with Gasteiger partial charge in [-0.05, 0) is 54.9 Å². The Kier molecular flexibility index (Phi) is 9.95. The lowest BCUT2D eigenvalue weighted by Gasteiger charge is -2.31. The summed E-state index contributed by atoms with van der Waals surface area (Å²) in [6, 6.07) is 17.4. The Bertz CT molecular complexity index is 872. The fourth-order valence-electron chi connectivity index (χ4n) is 3.62. The first kappa shape index (κ1) is 26.4. The minimum atomic E-state index is -0.526. The zero-order chi connectivity index (χ0) is 24.4. The molecule has 5 heteroatoms. The summed E-state index contributed by atoms with van der Waals surface area (Å²) < 4.78 is 5.82. The van der Waals surface area contributed by atoms with Crippen molar-refractivity contribution < 1.29 is 14.3 Å². The fraction of sp³-hybridized carbons (Fsp3) is 0.500. The van der Waals surface area contributed by atoms with Crippen LogP contribution in [0.1, 0.15) is 65.5 Å². The monoisotopic (exact) mass is 452 g/mol. The van der Waals surface area contributed by atoms with E-state index in [2.05, 4.69) is 26.1 Å². The number of carbonyl (C=O) groups excluding carboxylic acids is 2. The number of ether oxygens (including phenoxy) is 1. The number of carbonyl (C=O) groups is 2. The summed E-state index contributed by atoms with van der Waals surface area (Å²) in [5.74, 6) is 0.358. The molecular formula is C28H40N2O3. The predicted octanol–water partition coefficient (Wildman–Crippen LogP) is 5.13. The van der Waals surface area contributed by atoms with Crippen LogP contribution >= 0.6 is 0 Å². The van der Waals surface area contributed by atoms with Gasteiger partial charge in [-0.3, -0.25) is 9.59 Å². The SMILES string of the molecule is CC[C@H](C(=O)N[C@@H](C)CC)N(CCc1ccccc1)C(=O)COc1ccc(C(C)(C)C)cc1. The maximum absolute atomic E-state index is 13.2. The molecule has 2 amide bonds. The van der Waals surface area contributed by atoms with E-state index in [1.165, 1.54) is 5.56 Å². The number of benzene rings is 2. The smallest absolute Gasteiger partial charge is 0.261 e. The Hall–Kier alpha value is -2.82. The topological polar surface area (TPSA) is 58.6 Å². The second-order valence-corrected chi connectivity index (χ2v) is 9.63. The maximum Gasteiger partial charge on any atom is 0.261 e. The van der Waals surface area contributed by atoms with E-state index in [9.17, 15) is 9.59 Å². The first-order chi connectivity index (χ1) is 15.7. The molecule has 2 aromatic carbocycles. The first-order valence-corrected chi connectivity index (χ1v) is 12.0. The number of nitrogens with one attached hydrogen (secondary N) is 1. The molecule has 0 saturated heterocycles. The van der Waals surface area contributed by atoms with E-state index in [1.54, 1.807) is 4.90 Å². The molecule has 0 aromatic heterocycles. The van der Waals surface area contributed by atoms with Crippen molar-refractivity contribution in [1.82, 2.24) is 10.2 Å². The zero-order valence-corrected chi connectivity index (χ0v) is 21.1. The van der Waals surface area contributed by atoms with E-state index in [4.69, 9.17) is 4.74 Å². The van der Waals surface area contributed by atoms with Crippen LogP contribution in [0.25, 0.3) is 0 Å². The molecule has 0 aliphatic carbocycles. The third-order valence-corrected chi connectivity index (χ3v) is 5.95. The van der Waals surface area contributed by atoms with Crippen LogP contribution in [-0.2, 0) is 21.4 Å². The minimum absolute atomic E-state index is 0.0555. The number of amides is 2. The normalized spacial score (nSPS) is 13.2. The zero-order valence-electron chi connectivity index (χ0n) is 21.1. The quantitative estimate of drug-likeness (QED) is 0.514. The Balaban J connectivity index is 2.12. The van der Waals surface area contributed by atoms with Gasteiger partial charge in [-0.2, -0.15) is 0 Å². The average molecular weight is 453 g/mol. The summed E-state index contributed by atoms with van der Waals surface area (Å²) in [6.45, 7) is 12.8. The molecule has 180 valence electrons. The van der Waals surface area contributed by atoms with E-state index in [-0.39, 0.29) is 29.9 Å². The van der Waals surface area contributed by atoms with Crippen molar-refractivity contribution in [2.24, 2.45) is 0 Å². The van der Waals surface area contributed by atoms with E-state index in [0.717, 1.165) is 12.0 Å². The second kappa shape index (κ2) is 12.4. The highest BCUT2D eigenvalue weighted by Crippen LogP contribution is 2.24. The van der Waals surface area contributed by atoms with Gasteiger partial charge in [-0.15, -0.1) is 0 Å². The summed E-state index contributed by atoms with van der Waals surface area (Å²) in [5.41, 5.74) is 2.39. The Morgan fingerprint density at radius 2 is 1.61 bits per heavy atom. The van der Waals surface area contributed by atoms with Gasteiger partial charge in [-0.25, -0.2) is 0 Å². The molecule has 1 N–H and O–H groups in total. The van der Waals surface area contributed by atoms with Crippen molar-refractivity contribution in [1.29, 1.82) is 0 Å². The lowest BCUT2D eigenvalue weighted by molar-refractivity contribution is -0.142. The molecule has 0 aliphatic heterocycles. The van der Waals surface area contributed by atoms with Crippen molar-refractivity contribution in [3.05, 3.63) is 65.7 Å². The van der Waals surface area contributed by atoms with E-state index < -0.39 is 6.04 Å². The molecule has 0 bridgehead atoms. The molecule has 0 radical (unpaired) electrons. The Labute approximate surface area is 199 Å². The van der Waals surface area contributed by atoms with Crippen LogP contribution in [0, 0.1) is 0 Å². The standard InChI is InChI=1S/C28H40N2O3/c1-7-21(3)29-27(32)25(8-2)30(19-18-22-12-10-9-11-13-22)26(31)20-33-24-16-14-23(15-17-24)28(4,5)6/h9-17,21,25H,7-8,18-20H2,1-6H3,(H,29,32)/t21-,25+/m0/s1. The Morgan fingerprint density at radius 1 is 0.970 bits per heavy atom. The third-order valence-electron chi connectivity index (χ3n) is 5.95. The molecule has 0 saturated carbocycles. The number of rotatable bonds is 11. The molecule has 0 fully saturated rings. The number of hydrogen-bond donors (Lipinski definition) is 1. The van der Waals surface area contributed by atoms with Gasteiger partial charge in [0.2, 0.25) is 5.91 Å². The lowest BCUT2D eigenvalue weighted by Crippen LogP contribution is -2.52. The van der Waals surface area contributed by atoms with Gasteiger partial charge in [0, 0.05) is 12.6 Å². The summed E-state index contributed by atoms with van der Waals surface area (Å²) in [5, 5.41) is 3.03. The van der Waals surface area contributed by atoms with Crippen molar-refractivity contribution in [2.45, 2.75) is 78.3 Å². The number of nitrogens with zero attached hydrogens (tertiary/aromatic N) is 1. The van der Waals surface area contributed by atoms with Gasteiger partial charge in [-0.1, -0.05) is 77.1 Å². The largest absolute Gasteiger partial charge is 0.484 e. The maximum atomic E-state index is 13.2. The van der Waals surface area contributed by atoms with E-state index in [1.807, 2.05) is 75.4 Å². The lowest BCUT2D eigenvalue weighted by atomic mass is 9.87. The van der Waals surface area contributed by atoms with Gasteiger partial charge in [0.25, 0.3) is 5.91 Å². The summed E-state index contributed by atoms with van der Waals surface area (Å²) in [7, 11) is 0. The van der Waals surface area contributed by atoms with Crippen molar-refractivity contribution in [2.75, 3.05) is 13.2 Å². The van der Waals surface area contributed by atoms with E-state index >= 15 is 0 Å². The molecule has 0 aliphatic rings. The molecule has 2 aromatic rings. The highest BCUT2D eigenvalue weighted by molar-refractivity contribution is 5.88. The van der Waals surface area contributed by atoms with Crippen molar-refractivity contribution in [3.8, 4) is 5.75 Å². The molecule has 2 atom stereocenters. The third kappa shape index (κ3) is 8.23. The van der Waals surface area contributed by atoms with Gasteiger partial charge in [0.05, 0.1) is 0 Å². The summed E-state index contributed by atoms with van der Waals surface area (Å²) in [6.07, 6.45) is 2.07. The van der Waals surface area contributed by atoms with Crippen molar-refractivity contribution >= 4 is 11.8 Å². The fourth-order valence-corrected chi connectivity index (χ4v) is 3.62. The van der Waals surface area contributed by atoms with Gasteiger partial charge in [0.1, 0.15) is 11.8 Å². The van der Waals surface area contributed by atoms with E-state index in [0.29, 0.717) is 25.1 Å². The van der Waals surface area contributed by atoms with Crippen LogP contribution in [0.15, 0.2) is 54.6 Å². The summed E-state index contributed by atoms with van der Waals surface area (Å²) in [4.78, 5) is 27.9. The first-order valence-electron chi connectivity index (χ1n) is 12.0. The number of hydrogen-bond acceptors (Lipinski definition) is 3. The highest BCUT2D eigenvalue weighted by Gasteiger charge is 2.29. The summed E-state index contributed by atoms with van der Waals surface area (Å²) >= 11 is 0. The Morgan fingerprint density at radius 3 is 2.15 bits per heavy atom. The molecule has 2 rings (SSSR count). The van der Waals surface area contributed by atoms with Gasteiger partial charge in [0.15, 0.2) is 6.61 Å². The second-order valence-electron chi connectivity index (χ2n) is 9.63. The van der Waals surface area contributed by atoms with Crippen LogP contribution < -0.4 is 10.1 Å². The van der Waals surface area contributed by atoms with Crippen LogP contribution in [-0.4, -0.2) is 41.9 Å². The molecule has 33 heavy (non-hydrogen) atoms. The molecule has 0 spiro atoms. The predicted molar refractivity (Wildman–Crippen MR) is 134 cm³/mol. The van der Waals surface area contributed by atoms with Crippen LogP contribution in [0.5, 0.6) is 5.75 Å². The molecule has 0 unspecified atom stereocenters.